The molecule has 0 aliphatic rings. The Hall–Kier alpha value is -4.02. The van der Waals surface area contributed by atoms with Gasteiger partial charge in [-0.25, -0.2) is 13.4 Å². The van der Waals surface area contributed by atoms with E-state index in [0.717, 1.165) is 22.4 Å². The van der Waals surface area contributed by atoms with E-state index in [1.807, 2.05) is 36.4 Å². The Morgan fingerprint density at radius 1 is 0.914 bits per heavy atom. The third kappa shape index (κ3) is 6.31. The molecule has 0 fully saturated rings. The summed E-state index contributed by atoms with van der Waals surface area (Å²) in [6.07, 6.45) is 4.65. The summed E-state index contributed by atoms with van der Waals surface area (Å²) in [6.45, 7) is 1.14. The number of aromatic nitrogens is 3. The largest absolute Gasteiger partial charge is 0.383 e. The van der Waals surface area contributed by atoms with Gasteiger partial charge in [0.15, 0.2) is 9.84 Å². The van der Waals surface area contributed by atoms with E-state index in [0.29, 0.717) is 29.3 Å². The molecule has 10 heteroatoms. The first kappa shape index (κ1) is 24.1. The first-order valence-electron chi connectivity index (χ1n) is 10.8. The maximum atomic E-state index is 11.6. The number of pyridine rings is 1. The van der Waals surface area contributed by atoms with Crippen LogP contribution in [-0.2, 0) is 34.3 Å². The maximum Gasteiger partial charge on any atom is 0.222 e. The second-order valence-corrected chi connectivity index (χ2v) is 10.0. The van der Waals surface area contributed by atoms with Gasteiger partial charge >= 0.3 is 0 Å². The summed E-state index contributed by atoms with van der Waals surface area (Å²) in [5.74, 6) is 0.371. The molecular formula is C25H26N6O3S. The van der Waals surface area contributed by atoms with Crippen LogP contribution in [0.5, 0.6) is 0 Å². The van der Waals surface area contributed by atoms with Crippen LogP contribution in [-0.4, -0.2) is 29.6 Å². The van der Waals surface area contributed by atoms with Gasteiger partial charge in [0.25, 0.3) is 0 Å². The molecule has 0 spiro atoms. The number of anilines is 3. The summed E-state index contributed by atoms with van der Waals surface area (Å²) in [4.78, 5) is 12.9. The average Bonchev–Trinajstić information content (AvgIpc) is 2.83. The van der Waals surface area contributed by atoms with Crippen molar-refractivity contribution in [1.29, 1.82) is 0 Å². The van der Waals surface area contributed by atoms with Crippen LogP contribution >= 0.6 is 0 Å². The summed E-state index contributed by atoms with van der Waals surface area (Å²) in [5, 5.41) is 3.33. The molecule has 2 heterocycles. The number of hydrogen-bond donors (Lipinski definition) is 3. The summed E-state index contributed by atoms with van der Waals surface area (Å²) >= 11 is 0. The molecule has 4 rings (SSSR count). The van der Waals surface area contributed by atoms with Crippen LogP contribution in [0.3, 0.4) is 0 Å². The van der Waals surface area contributed by atoms with Crippen LogP contribution in [0.15, 0.2) is 78.0 Å². The minimum absolute atomic E-state index is 0.0893. The van der Waals surface area contributed by atoms with E-state index >= 15 is 0 Å². The molecule has 2 aromatic carbocycles. The molecule has 0 unspecified atom stereocenters. The first-order chi connectivity index (χ1) is 16.8. The van der Waals surface area contributed by atoms with E-state index < -0.39 is 9.84 Å². The third-order valence-corrected chi connectivity index (χ3v) is 6.41. The van der Waals surface area contributed by atoms with Crippen LogP contribution < -0.4 is 16.8 Å². The zero-order valence-electron chi connectivity index (χ0n) is 19.2. The number of nitrogens with one attached hydrogen (secondary N) is 1. The van der Waals surface area contributed by atoms with Gasteiger partial charge in [-0.15, -0.1) is 0 Å². The highest BCUT2D eigenvalue weighted by atomic mass is 32.2. The van der Waals surface area contributed by atoms with Crippen molar-refractivity contribution in [2.45, 2.75) is 24.7 Å². The molecule has 0 aliphatic carbocycles. The first-order valence-corrected chi connectivity index (χ1v) is 12.7. The smallest absolute Gasteiger partial charge is 0.222 e. The van der Waals surface area contributed by atoms with Crippen molar-refractivity contribution in [3.63, 3.8) is 0 Å². The number of nitrogen functional groups attached to an aromatic ring is 2. The van der Waals surface area contributed by atoms with Gasteiger partial charge in [0.2, 0.25) is 5.95 Å². The average molecular weight is 491 g/mol. The van der Waals surface area contributed by atoms with E-state index in [2.05, 4.69) is 20.3 Å². The van der Waals surface area contributed by atoms with Gasteiger partial charge < -0.3 is 21.5 Å². The van der Waals surface area contributed by atoms with Crippen LogP contribution in [0, 0.1) is 0 Å². The lowest BCUT2D eigenvalue weighted by Crippen LogP contribution is -2.08. The zero-order chi connectivity index (χ0) is 24.8. The number of benzene rings is 2. The molecule has 5 N–H and O–H groups in total. The van der Waals surface area contributed by atoms with Crippen LogP contribution in [0.1, 0.15) is 16.8 Å². The fraction of sp³-hybridized carbons (Fsp3) is 0.160. The molecule has 9 nitrogen and oxygen atoms in total. The Bertz CT molecular complexity index is 1390. The highest BCUT2D eigenvalue weighted by molar-refractivity contribution is 7.90. The van der Waals surface area contributed by atoms with Gasteiger partial charge in [0, 0.05) is 36.4 Å². The summed E-state index contributed by atoms with van der Waals surface area (Å²) in [7, 11) is -3.21. The van der Waals surface area contributed by atoms with Crippen molar-refractivity contribution in [3.8, 4) is 11.1 Å². The Labute approximate surface area is 204 Å². The quantitative estimate of drug-likeness (QED) is 0.321. The SMILES string of the molecule is CS(=O)(=O)c1ccc(CNc2ccc(-c3c(N)nc(N)nc3COCc3cccnc3)cc2)cc1. The van der Waals surface area contributed by atoms with Crippen molar-refractivity contribution in [2.75, 3.05) is 23.0 Å². The molecule has 180 valence electrons. The topological polar surface area (TPSA) is 146 Å². The standard InChI is InChI=1S/C25H26N6O3S/c1-35(32,33)21-10-4-17(5-11-21)14-29-20-8-6-19(7-9-20)23-22(30-25(27)31-24(23)26)16-34-15-18-3-2-12-28-13-18/h2-13,29H,14-16H2,1H3,(H4,26,27,30,31). The normalized spacial score (nSPS) is 11.3. The summed E-state index contributed by atoms with van der Waals surface area (Å²) in [6, 6.07) is 18.3. The van der Waals surface area contributed by atoms with Crippen LogP contribution in [0.2, 0.25) is 0 Å². The molecule has 0 aliphatic heterocycles. The number of nitrogens with zero attached hydrogens (tertiary/aromatic N) is 3. The molecule has 4 aromatic rings. The minimum Gasteiger partial charge on any atom is -0.383 e. The molecule has 0 amide bonds. The Morgan fingerprint density at radius 2 is 1.66 bits per heavy atom. The third-order valence-electron chi connectivity index (χ3n) is 5.28. The van der Waals surface area contributed by atoms with Crippen LogP contribution in [0.25, 0.3) is 11.1 Å². The van der Waals surface area contributed by atoms with E-state index in [1.165, 1.54) is 6.26 Å². The molecule has 35 heavy (non-hydrogen) atoms. The predicted molar refractivity (Wildman–Crippen MR) is 136 cm³/mol. The van der Waals surface area contributed by atoms with E-state index in [4.69, 9.17) is 16.2 Å². The van der Waals surface area contributed by atoms with E-state index in [9.17, 15) is 8.42 Å². The molecule has 0 atom stereocenters. The maximum absolute atomic E-state index is 11.6. The summed E-state index contributed by atoms with van der Waals surface area (Å²) < 4.78 is 29.1. The lowest BCUT2D eigenvalue weighted by Gasteiger charge is -2.14. The van der Waals surface area contributed by atoms with Crippen molar-refractivity contribution in [3.05, 3.63) is 89.9 Å². The predicted octanol–water partition coefficient (Wildman–Crippen LogP) is 3.44. The van der Waals surface area contributed by atoms with Crippen LogP contribution in [0.4, 0.5) is 17.5 Å². The molecule has 0 radical (unpaired) electrons. The zero-order valence-corrected chi connectivity index (χ0v) is 20.0. The number of rotatable bonds is 9. The van der Waals surface area contributed by atoms with Gasteiger partial charge in [0.05, 0.1) is 23.8 Å². The number of ether oxygens (including phenoxy) is 1. The number of hydrogen-bond acceptors (Lipinski definition) is 9. The summed E-state index contributed by atoms with van der Waals surface area (Å²) in [5.41, 5.74) is 16.9. The number of nitrogens with two attached hydrogens (primary N) is 2. The Morgan fingerprint density at radius 3 is 2.31 bits per heavy atom. The molecule has 0 saturated heterocycles. The van der Waals surface area contributed by atoms with Crippen molar-refractivity contribution < 1.29 is 13.2 Å². The number of sulfone groups is 1. The van der Waals surface area contributed by atoms with Crippen molar-refractivity contribution in [2.24, 2.45) is 0 Å². The van der Waals surface area contributed by atoms with Gasteiger partial charge in [0.1, 0.15) is 5.82 Å². The molecular weight excluding hydrogens is 464 g/mol. The van der Waals surface area contributed by atoms with Crippen molar-refractivity contribution in [1.82, 2.24) is 15.0 Å². The minimum atomic E-state index is -3.21. The molecule has 0 saturated carbocycles. The Balaban J connectivity index is 1.45. The van der Waals surface area contributed by atoms with Crippen molar-refractivity contribution >= 4 is 27.3 Å². The van der Waals surface area contributed by atoms with Gasteiger partial charge in [-0.2, -0.15) is 4.98 Å². The van der Waals surface area contributed by atoms with E-state index in [-0.39, 0.29) is 18.4 Å². The fourth-order valence-corrected chi connectivity index (χ4v) is 4.16. The second kappa shape index (κ2) is 10.5. The van der Waals surface area contributed by atoms with E-state index in [1.54, 1.807) is 36.7 Å². The van der Waals surface area contributed by atoms with Gasteiger partial charge in [-0.1, -0.05) is 30.3 Å². The highest BCUT2D eigenvalue weighted by Crippen LogP contribution is 2.30. The lowest BCUT2D eigenvalue weighted by atomic mass is 10.0. The monoisotopic (exact) mass is 490 g/mol. The molecule has 2 aromatic heterocycles. The highest BCUT2D eigenvalue weighted by Gasteiger charge is 2.14. The molecule has 0 bridgehead atoms. The lowest BCUT2D eigenvalue weighted by molar-refractivity contribution is 0.105. The Kier molecular flexibility index (Phi) is 7.23. The second-order valence-electron chi connectivity index (χ2n) is 7.99. The fourth-order valence-electron chi connectivity index (χ4n) is 3.53. The van der Waals surface area contributed by atoms with Gasteiger partial charge in [-0.3, -0.25) is 4.98 Å². The van der Waals surface area contributed by atoms with Gasteiger partial charge in [-0.05, 0) is 47.0 Å².